The summed E-state index contributed by atoms with van der Waals surface area (Å²) in [6.45, 7) is -1.47. The van der Waals surface area contributed by atoms with Crippen LogP contribution < -0.4 is 10.6 Å². The van der Waals surface area contributed by atoms with E-state index in [1.807, 2.05) is 0 Å². The first-order valence-corrected chi connectivity index (χ1v) is 26.5. The van der Waals surface area contributed by atoms with Crippen LogP contribution in [0.1, 0.15) is 135 Å². The van der Waals surface area contributed by atoms with Gasteiger partial charge in [-0.3, -0.25) is 41.5 Å². The smallest absolute Gasteiger partial charge is 0.466 e. The number of carbonyl (C=O) groups excluding carboxylic acids is 3. The van der Waals surface area contributed by atoms with Crippen LogP contribution >= 0.6 is 27.9 Å². The van der Waals surface area contributed by atoms with E-state index in [4.69, 9.17) is 52.2 Å². The summed E-state index contributed by atoms with van der Waals surface area (Å²) in [5.41, 5.74) is -1.43. The number of amides is 2. The van der Waals surface area contributed by atoms with Crippen LogP contribution in [0.3, 0.4) is 0 Å². The summed E-state index contributed by atoms with van der Waals surface area (Å²) in [5.74, 6) is -2.07. The average molecular weight is 1080 g/mol. The van der Waals surface area contributed by atoms with Crippen molar-refractivity contribution in [2.75, 3.05) is 72.6 Å². The second kappa shape index (κ2) is 38.7. The van der Waals surface area contributed by atoms with Crippen molar-refractivity contribution in [1.82, 2.24) is 10.6 Å². The van der Waals surface area contributed by atoms with Gasteiger partial charge in [-0.25, -0.2) is 9.13 Å². The van der Waals surface area contributed by atoms with Crippen molar-refractivity contribution in [1.29, 1.82) is 10.5 Å². The number of halogens is 7. The maximum atomic E-state index is 14.2. The van der Waals surface area contributed by atoms with Crippen molar-refractivity contribution in [2.45, 2.75) is 154 Å². The lowest BCUT2D eigenvalue weighted by Crippen LogP contribution is -2.34. The summed E-state index contributed by atoms with van der Waals surface area (Å²) in [5, 5.41) is 30.5. The lowest BCUT2D eigenvalue weighted by molar-refractivity contribution is -0.145. The van der Waals surface area contributed by atoms with Gasteiger partial charge < -0.3 is 25.2 Å². The van der Waals surface area contributed by atoms with E-state index in [1.54, 1.807) is 19.1 Å². The Morgan fingerprint density at radius 2 is 1.17 bits per heavy atom. The number of esters is 1. The fraction of sp³-hybridized carbons (Fsp3) is 0.857. The quantitative estimate of drug-likeness (QED) is 0.0128. The van der Waals surface area contributed by atoms with Crippen LogP contribution in [0.15, 0.2) is 0 Å². The number of alkyl halides is 6. The number of aliphatic hydroxyl groups excluding tert-OH is 1. The molecule has 0 bridgehead atoms. The minimum Gasteiger partial charge on any atom is -0.466 e. The lowest BCUT2D eigenvalue weighted by atomic mass is 9.75. The molecule has 18 nitrogen and oxygen atoms in total. The maximum Gasteiger partial charge on any atom is 0.475 e. The average Bonchev–Trinajstić information content (AvgIpc) is 3.27. The highest BCUT2D eigenvalue weighted by molar-refractivity contribution is 7.81. The molecule has 0 aliphatic rings. The standard InChI is InChI=1S/C42H69F7N4O14P2S/c1-2-52-36(55)16-17-37(56)61-27-8-5-6-10-29-64-69(59,65-31-15-24-51)67-35(33-66-68(58,63-30-14-23-50)62-28-9-4-3-7-26-54)32-60-34-40(18-11-21-41(44,45)46,19-12-22-42(47,48)49)20-13-25-53-39(57)38(43)70/h35,54H,2-22,25-34H2,1H3,(H,52,55)(H,53,57). The Labute approximate surface area is 410 Å². The summed E-state index contributed by atoms with van der Waals surface area (Å²) in [7, 11) is -9.27. The van der Waals surface area contributed by atoms with Crippen LogP contribution in [0.4, 0.5) is 30.7 Å². The Morgan fingerprint density at radius 1 is 0.657 bits per heavy atom. The van der Waals surface area contributed by atoms with Gasteiger partial charge in [0.15, 0.2) is 0 Å². The number of aliphatic hydroxyl groups is 1. The number of thiocarbonyl (C=S) groups is 1. The van der Waals surface area contributed by atoms with Gasteiger partial charge in [0.2, 0.25) is 5.91 Å². The zero-order chi connectivity index (χ0) is 52.8. The number of carbonyl (C=O) groups is 3. The van der Waals surface area contributed by atoms with Crippen molar-refractivity contribution in [3.63, 3.8) is 0 Å². The third kappa shape index (κ3) is 37.8. The molecule has 0 saturated carbocycles. The third-order valence-electron chi connectivity index (χ3n) is 9.80. The molecule has 0 heterocycles. The topological polar surface area (TPSA) is 251 Å². The number of phosphoric ester groups is 2. The first-order valence-electron chi connectivity index (χ1n) is 23.1. The molecular formula is C42H69F7N4O14P2S. The molecule has 0 aromatic heterocycles. The summed E-state index contributed by atoms with van der Waals surface area (Å²) < 4.78 is 166. The molecule has 406 valence electrons. The van der Waals surface area contributed by atoms with E-state index in [2.05, 4.69) is 22.9 Å². The van der Waals surface area contributed by atoms with E-state index in [0.29, 0.717) is 51.5 Å². The highest BCUT2D eigenvalue weighted by atomic mass is 32.1. The molecule has 0 spiro atoms. The molecule has 3 atom stereocenters. The monoisotopic (exact) mass is 1080 g/mol. The molecule has 0 aliphatic heterocycles. The molecule has 0 rings (SSSR count). The van der Waals surface area contributed by atoms with E-state index >= 15 is 0 Å². The van der Waals surface area contributed by atoms with Crippen LogP contribution in [0.5, 0.6) is 0 Å². The molecule has 3 N–H and O–H groups in total. The molecule has 2 amide bonds. The van der Waals surface area contributed by atoms with Crippen LogP contribution in [-0.2, 0) is 60.1 Å². The summed E-state index contributed by atoms with van der Waals surface area (Å²) in [6.07, 6.45) is -12.3. The number of ether oxygens (including phenoxy) is 2. The molecule has 0 fully saturated rings. The summed E-state index contributed by atoms with van der Waals surface area (Å²) in [6, 6.07) is 3.60. The number of nitriles is 2. The number of unbranched alkanes of at least 4 members (excludes halogenated alkanes) is 6. The Kier molecular flexibility index (Phi) is 37.1. The van der Waals surface area contributed by atoms with E-state index < -0.39 is 115 Å². The first-order chi connectivity index (χ1) is 33.1. The predicted octanol–water partition coefficient (Wildman–Crippen LogP) is 9.73. The van der Waals surface area contributed by atoms with E-state index in [9.17, 15) is 54.2 Å². The second-order valence-electron chi connectivity index (χ2n) is 15.9. The predicted molar refractivity (Wildman–Crippen MR) is 242 cm³/mol. The van der Waals surface area contributed by atoms with E-state index in [0.717, 1.165) is 0 Å². The largest absolute Gasteiger partial charge is 0.475 e. The molecule has 3 unspecified atom stereocenters. The summed E-state index contributed by atoms with van der Waals surface area (Å²) in [4.78, 5) is 35.2. The third-order valence-corrected chi connectivity index (χ3v) is 13.0. The highest BCUT2D eigenvalue weighted by Gasteiger charge is 2.38. The van der Waals surface area contributed by atoms with Gasteiger partial charge in [0.05, 0.1) is 84.3 Å². The number of phosphoric acid groups is 2. The van der Waals surface area contributed by atoms with Gasteiger partial charge in [-0.2, -0.15) is 41.3 Å². The Balaban J connectivity index is 6.53. The lowest BCUT2D eigenvalue weighted by Gasteiger charge is -2.35. The van der Waals surface area contributed by atoms with Crippen LogP contribution in [0.25, 0.3) is 0 Å². The van der Waals surface area contributed by atoms with E-state index in [-0.39, 0.29) is 96.7 Å². The Hall–Kier alpha value is -2.87. The van der Waals surface area contributed by atoms with Crippen molar-refractivity contribution >= 4 is 50.8 Å². The maximum absolute atomic E-state index is 14.2. The first kappa shape index (κ1) is 67.1. The number of hydrogen-bond donors (Lipinski definition) is 3. The molecule has 70 heavy (non-hydrogen) atoms. The number of hydrogen-bond acceptors (Lipinski definition) is 17. The highest BCUT2D eigenvalue weighted by Crippen LogP contribution is 2.53. The molecule has 0 radical (unpaired) electrons. The number of nitrogens with zero attached hydrogens (tertiary/aromatic N) is 2. The zero-order valence-corrected chi connectivity index (χ0v) is 42.2. The van der Waals surface area contributed by atoms with Crippen LogP contribution in [0, 0.1) is 28.1 Å². The second-order valence-corrected chi connectivity index (χ2v) is 19.5. The van der Waals surface area contributed by atoms with E-state index in [1.165, 1.54) is 0 Å². The summed E-state index contributed by atoms with van der Waals surface area (Å²) >= 11 is 4.20. The van der Waals surface area contributed by atoms with Crippen LogP contribution in [0.2, 0.25) is 0 Å². The molecule has 0 aromatic carbocycles. The van der Waals surface area contributed by atoms with Gasteiger partial charge in [-0.1, -0.05) is 19.3 Å². The Morgan fingerprint density at radius 3 is 1.70 bits per heavy atom. The minimum absolute atomic E-state index is 0.0170. The van der Waals surface area contributed by atoms with Gasteiger partial charge in [0.25, 0.3) is 11.0 Å². The van der Waals surface area contributed by atoms with Crippen molar-refractivity contribution < 1.29 is 96.0 Å². The fourth-order valence-corrected chi connectivity index (χ4v) is 9.04. The SMILES string of the molecule is CCNC(=O)CCC(=O)OCCCCCCOP(=O)(OCCC#N)OC(COCC(CCCNC(=O)C(F)=S)(CCCC(F)(F)F)CCCC(F)(F)F)COP(=O)(OCCC#N)OCCCCCCO. The molecule has 0 aliphatic carbocycles. The van der Waals surface area contributed by atoms with Gasteiger partial charge in [0, 0.05) is 39.0 Å². The molecule has 0 aromatic rings. The minimum atomic E-state index is -4.72. The van der Waals surface area contributed by atoms with Gasteiger partial charge in [0.1, 0.15) is 6.10 Å². The van der Waals surface area contributed by atoms with Gasteiger partial charge >= 0.3 is 34.0 Å². The van der Waals surface area contributed by atoms with Gasteiger partial charge in [-0.15, -0.1) is 0 Å². The Bertz CT molecular complexity index is 1660. The fourth-order valence-electron chi connectivity index (χ4n) is 6.38. The molecule has 28 heteroatoms. The number of nitrogens with one attached hydrogen (secondary N) is 2. The molecule has 0 saturated heterocycles. The zero-order valence-electron chi connectivity index (χ0n) is 39.6. The normalized spacial score (nSPS) is 14.2. The molecular weight excluding hydrogens is 1010 g/mol. The van der Waals surface area contributed by atoms with Crippen LogP contribution in [-0.4, -0.2) is 119 Å². The van der Waals surface area contributed by atoms with Crippen molar-refractivity contribution in [3.8, 4) is 12.1 Å². The number of rotatable bonds is 45. The van der Waals surface area contributed by atoms with Crippen molar-refractivity contribution in [2.24, 2.45) is 5.41 Å². The van der Waals surface area contributed by atoms with Gasteiger partial charge in [-0.05, 0) is 95.2 Å². The van der Waals surface area contributed by atoms with Crippen molar-refractivity contribution in [3.05, 3.63) is 0 Å².